The molecule has 0 fully saturated rings. The fourth-order valence-electron chi connectivity index (χ4n) is 7.38. The first-order valence-electron chi connectivity index (χ1n) is 24.5. The molecule has 0 aromatic heterocycles. The number of esters is 3. The number of ether oxygens (including phenoxy) is 3. The highest BCUT2D eigenvalue weighted by atomic mass is 16.6. The van der Waals surface area contributed by atoms with Gasteiger partial charge in [-0.25, -0.2) is 0 Å². The third kappa shape index (κ3) is 43.4. The van der Waals surface area contributed by atoms with E-state index in [-0.39, 0.29) is 31.1 Å². The first kappa shape index (κ1) is 53.4. The first-order chi connectivity index (χ1) is 27.0. The summed E-state index contributed by atoms with van der Waals surface area (Å²) in [6.45, 7) is 6.65. The third-order valence-corrected chi connectivity index (χ3v) is 11.1. The predicted octanol–water partition coefficient (Wildman–Crippen LogP) is 15.6. The van der Waals surface area contributed by atoms with Gasteiger partial charge in [0.05, 0.1) is 0 Å². The summed E-state index contributed by atoms with van der Waals surface area (Å²) < 4.78 is 16.7. The molecule has 326 valence electrons. The minimum absolute atomic E-state index is 0.0623. The molecule has 0 aromatic carbocycles. The first-order valence-corrected chi connectivity index (χ1v) is 24.5. The molecule has 1 unspecified atom stereocenters. The number of unbranched alkanes of at least 4 members (excludes halogenated alkanes) is 34. The fourth-order valence-corrected chi connectivity index (χ4v) is 7.38. The Bertz CT molecular complexity index is 813. The molecule has 0 aliphatic carbocycles. The normalized spacial score (nSPS) is 11.8. The van der Waals surface area contributed by atoms with E-state index < -0.39 is 6.10 Å². The molecule has 0 aliphatic heterocycles. The summed E-state index contributed by atoms with van der Waals surface area (Å²) in [6, 6.07) is 0. The summed E-state index contributed by atoms with van der Waals surface area (Å²) in [7, 11) is 0. The average Bonchev–Trinajstić information content (AvgIpc) is 3.18. The van der Waals surface area contributed by atoms with Crippen LogP contribution in [0.1, 0.15) is 278 Å². The zero-order valence-corrected chi connectivity index (χ0v) is 37.2. The monoisotopic (exact) mass is 779 g/mol. The Morgan fingerprint density at radius 1 is 0.291 bits per heavy atom. The van der Waals surface area contributed by atoms with Crippen molar-refractivity contribution in [3.05, 3.63) is 0 Å². The molecule has 0 rings (SSSR count). The van der Waals surface area contributed by atoms with E-state index in [9.17, 15) is 14.4 Å². The molecule has 0 spiro atoms. The van der Waals surface area contributed by atoms with Gasteiger partial charge in [0.2, 0.25) is 0 Å². The molecule has 0 saturated carbocycles. The molecule has 0 radical (unpaired) electrons. The van der Waals surface area contributed by atoms with Crippen molar-refractivity contribution in [2.45, 2.75) is 284 Å². The topological polar surface area (TPSA) is 78.9 Å². The molecule has 0 aromatic rings. The van der Waals surface area contributed by atoms with Gasteiger partial charge in [0.1, 0.15) is 13.2 Å². The van der Waals surface area contributed by atoms with Crippen LogP contribution >= 0.6 is 0 Å². The molecular weight excluding hydrogens is 685 g/mol. The lowest BCUT2D eigenvalue weighted by Gasteiger charge is -2.18. The van der Waals surface area contributed by atoms with Gasteiger partial charge < -0.3 is 14.2 Å². The smallest absolute Gasteiger partial charge is 0.306 e. The van der Waals surface area contributed by atoms with Gasteiger partial charge in [0.25, 0.3) is 0 Å². The maximum absolute atomic E-state index is 12.7. The molecule has 0 N–H and O–H groups in total. The van der Waals surface area contributed by atoms with Gasteiger partial charge in [-0.1, -0.05) is 239 Å². The number of carbonyl (C=O) groups is 3. The minimum Gasteiger partial charge on any atom is -0.462 e. The van der Waals surface area contributed by atoms with Crippen LogP contribution in [0.2, 0.25) is 0 Å². The van der Waals surface area contributed by atoms with Gasteiger partial charge >= 0.3 is 17.9 Å². The Morgan fingerprint density at radius 2 is 0.491 bits per heavy atom. The number of hydrogen-bond acceptors (Lipinski definition) is 6. The lowest BCUT2D eigenvalue weighted by molar-refractivity contribution is -0.167. The Labute approximate surface area is 342 Å². The largest absolute Gasteiger partial charge is 0.462 e. The SMILES string of the molecule is CCCCCCCCCCCCCCCCC(=O)OCC(COC(=O)CCCCCCCCCCC)OC(=O)CCCCCCCCCCCCCCCC. The fraction of sp³-hybridized carbons (Fsp3) is 0.939. The van der Waals surface area contributed by atoms with E-state index in [1.807, 2.05) is 0 Å². The summed E-state index contributed by atoms with van der Waals surface area (Å²) in [5.41, 5.74) is 0. The summed E-state index contributed by atoms with van der Waals surface area (Å²) in [4.78, 5) is 37.8. The molecule has 0 amide bonds. The van der Waals surface area contributed by atoms with Crippen LogP contribution in [0, 0.1) is 0 Å². The summed E-state index contributed by atoms with van der Waals surface area (Å²) in [5, 5.41) is 0. The van der Waals surface area contributed by atoms with Gasteiger partial charge in [-0.15, -0.1) is 0 Å². The van der Waals surface area contributed by atoms with Crippen LogP contribution in [0.15, 0.2) is 0 Å². The van der Waals surface area contributed by atoms with E-state index in [0.717, 1.165) is 57.8 Å². The molecule has 0 saturated heterocycles. The second kappa shape index (κ2) is 45.1. The van der Waals surface area contributed by atoms with Crippen molar-refractivity contribution in [2.24, 2.45) is 0 Å². The van der Waals surface area contributed by atoms with Crippen molar-refractivity contribution in [1.82, 2.24) is 0 Å². The van der Waals surface area contributed by atoms with Crippen molar-refractivity contribution in [3.63, 3.8) is 0 Å². The van der Waals surface area contributed by atoms with Crippen molar-refractivity contribution < 1.29 is 28.6 Å². The third-order valence-electron chi connectivity index (χ3n) is 11.1. The van der Waals surface area contributed by atoms with Crippen LogP contribution in [-0.4, -0.2) is 37.2 Å². The van der Waals surface area contributed by atoms with Crippen LogP contribution in [-0.2, 0) is 28.6 Å². The highest BCUT2D eigenvalue weighted by Gasteiger charge is 2.19. The maximum Gasteiger partial charge on any atom is 0.306 e. The number of hydrogen-bond donors (Lipinski definition) is 0. The van der Waals surface area contributed by atoms with Crippen molar-refractivity contribution in [3.8, 4) is 0 Å². The zero-order chi connectivity index (χ0) is 40.1. The van der Waals surface area contributed by atoms with E-state index in [1.165, 1.54) is 180 Å². The molecule has 0 bridgehead atoms. The van der Waals surface area contributed by atoms with Crippen LogP contribution < -0.4 is 0 Å². The highest BCUT2D eigenvalue weighted by molar-refractivity contribution is 5.71. The van der Waals surface area contributed by atoms with Crippen molar-refractivity contribution in [2.75, 3.05) is 13.2 Å². The maximum atomic E-state index is 12.7. The van der Waals surface area contributed by atoms with Crippen LogP contribution in [0.25, 0.3) is 0 Å². The Balaban J connectivity index is 4.28. The van der Waals surface area contributed by atoms with E-state index in [1.54, 1.807) is 0 Å². The lowest BCUT2D eigenvalue weighted by atomic mass is 10.0. The standard InChI is InChI=1S/C49H94O6/c1-4-7-10-13-16-19-21-23-25-27-30-33-36-39-42-48(51)54-45-46(44-53-47(50)41-38-35-32-29-18-15-12-9-6-3)55-49(52)43-40-37-34-31-28-26-24-22-20-17-14-11-8-5-2/h46H,4-45H2,1-3H3. The van der Waals surface area contributed by atoms with Crippen molar-refractivity contribution >= 4 is 17.9 Å². The lowest BCUT2D eigenvalue weighted by Crippen LogP contribution is -2.30. The Kier molecular flexibility index (Phi) is 43.8. The molecule has 0 aliphatic rings. The highest BCUT2D eigenvalue weighted by Crippen LogP contribution is 2.16. The van der Waals surface area contributed by atoms with E-state index in [4.69, 9.17) is 14.2 Å². The summed E-state index contributed by atoms with van der Waals surface area (Å²) in [6.07, 6.45) is 46.5. The van der Waals surface area contributed by atoms with E-state index >= 15 is 0 Å². The van der Waals surface area contributed by atoms with Gasteiger partial charge in [-0.2, -0.15) is 0 Å². The molecule has 1 atom stereocenters. The molecule has 6 nitrogen and oxygen atoms in total. The second-order valence-electron chi connectivity index (χ2n) is 16.7. The number of rotatable bonds is 45. The molecular formula is C49H94O6. The quantitative estimate of drug-likeness (QED) is 0.0348. The van der Waals surface area contributed by atoms with E-state index in [2.05, 4.69) is 20.8 Å². The average molecular weight is 779 g/mol. The van der Waals surface area contributed by atoms with Crippen LogP contribution in [0.4, 0.5) is 0 Å². The summed E-state index contributed by atoms with van der Waals surface area (Å²) in [5.74, 6) is -0.848. The van der Waals surface area contributed by atoms with Gasteiger partial charge in [-0.05, 0) is 19.3 Å². The van der Waals surface area contributed by atoms with Gasteiger partial charge in [-0.3, -0.25) is 14.4 Å². The Morgan fingerprint density at radius 3 is 0.727 bits per heavy atom. The van der Waals surface area contributed by atoms with Gasteiger partial charge in [0.15, 0.2) is 6.10 Å². The van der Waals surface area contributed by atoms with Crippen molar-refractivity contribution in [1.29, 1.82) is 0 Å². The molecule has 6 heteroatoms. The van der Waals surface area contributed by atoms with Crippen LogP contribution in [0.3, 0.4) is 0 Å². The second-order valence-corrected chi connectivity index (χ2v) is 16.7. The number of carbonyl (C=O) groups excluding carboxylic acids is 3. The van der Waals surface area contributed by atoms with Crippen LogP contribution in [0.5, 0.6) is 0 Å². The van der Waals surface area contributed by atoms with E-state index in [0.29, 0.717) is 19.3 Å². The summed E-state index contributed by atoms with van der Waals surface area (Å²) >= 11 is 0. The zero-order valence-electron chi connectivity index (χ0n) is 37.2. The van der Waals surface area contributed by atoms with Gasteiger partial charge in [0, 0.05) is 19.3 Å². The molecule has 55 heavy (non-hydrogen) atoms. The predicted molar refractivity (Wildman–Crippen MR) is 233 cm³/mol. The minimum atomic E-state index is -0.758. The molecule has 0 heterocycles. The Hall–Kier alpha value is -1.59.